The van der Waals surface area contributed by atoms with Gasteiger partial charge in [0.15, 0.2) is 0 Å². The third kappa shape index (κ3) is 4.68. The van der Waals surface area contributed by atoms with Crippen LogP contribution in [0.3, 0.4) is 0 Å². The maximum absolute atomic E-state index is 5.29. The molecule has 3 heterocycles. The standard InChI is InChI=1S/C56H37N3S/c1-56(2)47-21-10-8-18-42(47)43-29-27-39(32-48(43)56)58(37-25-23-35(24-26-37)41-20-12-16-34-13-6-7-17-40(34)41)38-28-30-51-45(31-38)46-33-49-54(60-55(57-49)36-14-4-3-5-15-36)52-44-19-9-11-22-50(44)59(51)53(46)52/h3-33H,1-2H3. The van der Waals surface area contributed by atoms with Crippen molar-refractivity contribution in [2.45, 2.75) is 19.3 Å². The molecule has 0 unspecified atom stereocenters. The van der Waals surface area contributed by atoms with Crippen molar-refractivity contribution in [1.82, 2.24) is 9.38 Å². The molecule has 60 heavy (non-hydrogen) atoms. The lowest BCUT2D eigenvalue weighted by Crippen LogP contribution is -2.16. The zero-order valence-corrected chi connectivity index (χ0v) is 34.0. The van der Waals surface area contributed by atoms with E-state index in [1.165, 1.54) is 86.9 Å². The van der Waals surface area contributed by atoms with Gasteiger partial charge in [-0.25, -0.2) is 4.98 Å². The second kappa shape index (κ2) is 12.4. The highest BCUT2D eigenvalue weighted by Crippen LogP contribution is 2.52. The fourth-order valence-corrected chi connectivity index (χ4v) is 11.4. The molecule has 1 aliphatic carbocycles. The van der Waals surface area contributed by atoms with Gasteiger partial charge in [0.05, 0.1) is 26.8 Å². The fraction of sp³-hybridized carbons (Fsp3) is 0.0536. The van der Waals surface area contributed by atoms with E-state index in [0.29, 0.717) is 0 Å². The van der Waals surface area contributed by atoms with E-state index in [-0.39, 0.29) is 5.41 Å². The van der Waals surface area contributed by atoms with Crippen LogP contribution in [0.2, 0.25) is 0 Å². The molecule has 0 radical (unpaired) electrons. The van der Waals surface area contributed by atoms with E-state index in [0.717, 1.165) is 33.1 Å². The van der Waals surface area contributed by atoms with Gasteiger partial charge in [-0.2, -0.15) is 0 Å². The van der Waals surface area contributed by atoms with Crippen molar-refractivity contribution in [3.05, 3.63) is 199 Å². The van der Waals surface area contributed by atoms with Crippen LogP contribution in [0.25, 0.3) is 91.9 Å². The van der Waals surface area contributed by atoms with Crippen molar-refractivity contribution >= 4 is 87.5 Å². The van der Waals surface area contributed by atoms with E-state index in [2.05, 4.69) is 211 Å². The molecule has 0 aliphatic heterocycles. The van der Waals surface area contributed by atoms with Crippen LogP contribution in [-0.2, 0) is 5.41 Å². The van der Waals surface area contributed by atoms with Crippen LogP contribution in [0.4, 0.5) is 17.1 Å². The average molecular weight is 784 g/mol. The summed E-state index contributed by atoms with van der Waals surface area (Å²) >= 11 is 1.80. The number of nitrogens with zero attached hydrogens (tertiary/aromatic N) is 3. The summed E-state index contributed by atoms with van der Waals surface area (Å²) in [6, 6.07) is 69.2. The van der Waals surface area contributed by atoms with Gasteiger partial charge in [0, 0.05) is 49.6 Å². The number of thiazole rings is 1. The Balaban J connectivity index is 1.04. The number of rotatable bonds is 5. The third-order valence-electron chi connectivity index (χ3n) is 13.1. The van der Waals surface area contributed by atoms with Crippen LogP contribution < -0.4 is 4.90 Å². The van der Waals surface area contributed by atoms with Crippen LogP contribution in [-0.4, -0.2) is 9.38 Å². The SMILES string of the molecule is CC1(C)c2ccccc2-c2ccc(N(c3ccc(-c4cccc5ccccc45)cc3)c3ccc4c(c3)c3cc5nc(-c6ccccc6)sc5c5c6ccccc6n4c35)cc21. The van der Waals surface area contributed by atoms with Gasteiger partial charge < -0.3 is 9.30 Å². The second-order valence-electron chi connectivity index (χ2n) is 16.7. The maximum Gasteiger partial charge on any atom is 0.124 e. The largest absolute Gasteiger partial charge is 0.310 e. The summed E-state index contributed by atoms with van der Waals surface area (Å²) in [6.45, 7) is 4.73. The lowest BCUT2D eigenvalue weighted by Gasteiger charge is -2.28. The Bertz CT molecular complexity index is 3680. The molecule has 3 nitrogen and oxygen atoms in total. The number of hydrogen-bond acceptors (Lipinski definition) is 3. The molecule has 1 aliphatic rings. The van der Waals surface area contributed by atoms with Gasteiger partial charge in [0.1, 0.15) is 5.01 Å². The summed E-state index contributed by atoms with van der Waals surface area (Å²) in [7, 11) is 0. The summed E-state index contributed by atoms with van der Waals surface area (Å²) in [5, 5.41) is 8.58. The molecule has 0 N–H and O–H groups in total. The normalized spacial score (nSPS) is 13.3. The Labute approximate surface area is 351 Å². The number of para-hydroxylation sites is 1. The smallest absolute Gasteiger partial charge is 0.124 e. The van der Waals surface area contributed by atoms with Gasteiger partial charge in [0.2, 0.25) is 0 Å². The predicted octanol–water partition coefficient (Wildman–Crippen LogP) is 15.7. The number of fused-ring (bicyclic) bond motifs is 12. The second-order valence-corrected chi connectivity index (χ2v) is 17.7. The zero-order chi connectivity index (χ0) is 39.7. The van der Waals surface area contributed by atoms with Gasteiger partial charge in [-0.3, -0.25) is 0 Å². The minimum absolute atomic E-state index is 0.124. The molecule has 9 aromatic carbocycles. The van der Waals surface area contributed by atoms with Gasteiger partial charge in [-0.15, -0.1) is 11.3 Å². The molecule has 3 aromatic heterocycles. The molecule has 4 heteroatoms. The van der Waals surface area contributed by atoms with Crippen molar-refractivity contribution < 1.29 is 0 Å². The summed E-state index contributed by atoms with van der Waals surface area (Å²) in [5.41, 5.74) is 17.0. The number of hydrogen-bond donors (Lipinski definition) is 0. The molecule has 0 fully saturated rings. The van der Waals surface area contributed by atoms with E-state index < -0.39 is 0 Å². The van der Waals surface area contributed by atoms with Crippen molar-refractivity contribution in [1.29, 1.82) is 0 Å². The Morgan fingerprint density at radius 3 is 2.03 bits per heavy atom. The lowest BCUT2D eigenvalue weighted by molar-refractivity contribution is 0.660. The Morgan fingerprint density at radius 2 is 1.15 bits per heavy atom. The third-order valence-corrected chi connectivity index (χ3v) is 14.3. The summed E-state index contributed by atoms with van der Waals surface area (Å²) < 4.78 is 3.73. The molecular formula is C56H37N3S. The summed E-state index contributed by atoms with van der Waals surface area (Å²) in [6.07, 6.45) is 0. The Morgan fingerprint density at radius 1 is 0.483 bits per heavy atom. The molecule has 0 amide bonds. The van der Waals surface area contributed by atoms with E-state index in [1.54, 1.807) is 11.3 Å². The monoisotopic (exact) mass is 783 g/mol. The van der Waals surface area contributed by atoms with Crippen LogP contribution in [0.15, 0.2) is 188 Å². The molecule has 0 spiro atoms. The van der Waals surface area contributed by atoms with Gasteiger partial charge in [-0.05, 0) is 98.8 Å². The molecule has 13 rings (SSSR count). The molecule has 0 saturated carbocycles. The van der Waals surface area contributed by atoms with Crippen molar-refractivity contribution in [3.63, 3.8) is 0 Å². The van der Waals surface area contributed by atoms with Crippen molar-refractivity contribution in [2.75, 3.05) is 4.90 Å². The van der Waals surface area contributed by atoms with Crippen molar-refractivity contribution in [3.8, 4) is 32.8 Å². The first kappa shape index (κ1) is 33.7. The van der Waals surface area contributed by atoms with Gasteiger partial charge in [0.25, 0.3) is 0 Å². The minimum atomic E-state index is -0.124. The minimum Gasteiger partial charge on any atom is -0.310 e. The number of benzene rings is 9. The quantitative estimate of drug-likeness (QED) is 0.173. The molecule has 282 valence electrons. The van der Waals surface area contributed by atoms with Crippen LogP contribution in [0.5, 0.6) is 0 Å². The highest BCUT2D eigenvalue weighted by atomic mass is 32.1. The van der Waals surface area contributed by atoms with Crippen LogP contribution in [0.1, 0.15) is 25.0 Å². The van der Waals surface area contributed by atoms with Crippen molar-refractivity contribution in [2.24, 2.45) is 0 Å². The molecular weight excluding hydrogens is 747 g/mol. The molecule has 0 saturated heterocycles. The summed E-state index contributed by atoms with van der Waals surface area (Å²) in [5.74, 6) is 0. The highest BCUT2D eigenvalue weighted by molar-refractivity contribution is 7.22. The highest BCUT2D eigenvalue weighted by Gasteiger charge is 2.36. The molecule has 0 atom stereocenters. The lowest BCUT2D eigenvalue weighted by atomic mass is 9.82. The van der Waals surface area contributed by atoms with Gasteiger partial charge >= 0.3 is 0 Å². The number of anilines is 3. The maximum atomic E-state index is 5.29. The Hall–Kier alpha value is -7.27. The topological polar surface area (TPSA) is 20.5 Å². The first-order valence-electron chi connectivity index (χ1n) is 20.7. The van der Waals surface area contributed by atoms with Gasteiger partial charge in [-0.1, -0.05) is 147 Å². The Kier molecular flexibility index (Phi) is 6.94. The van der Waals surface area contributed by atoms with E-state index in [9.17, 15) is 0 Å². The van der Waals surface area contributed by atoms with E-state index in [1.807, 2.05) is 0 Å². The fourth-order valence-electron chi connectivity index (χ4n) is 10.3. The van der Waals surface area contributed by atoms with Crippen LogP contribution in [0, 0.1) is 0 Å². The number of aromatic nitrogens is 2. The first-order valence-corrected chi connectivity index (χ1v) is 21.5. The first-order chi connectivity index (χ1) is 29.5. The zero-order valence-electron chi connectivity index (χ0n) is 33.1. The predicted molar refractivity (Wildman–Crippen MR) is 255 cm³/mol. The summed E-state index contributed by atoms with van der Waals surface area (Å²) in [4.78, 5) is 7.74. The molecule has 0 bridgehead atoms. The van der Waals surface area contributed by atoms with E-state index in [4.69, 9.17) is 4.98 Å². The average Bonchev–Trinajstić information content (AvgIpc) is 4.03. The molecule has 12 aromatic rings. The van der Waals surface area contributed by atoms with Crippen LogP contribution >= 0.6 is 11.3 Å². The van der Waals surface area contributed by atoms with E-state index >= 15 is 0 Å².